The number of hydrogen-bond acceptors (Lipinski definition) is 10. The molecule has 13 nitrogen and oxygen atoms in total. The van der Waals surface area contributed by atoms with E-state index in [0.717, 1.165) is 33.7 Å². The van der Waals surface area contributed by atoms with E-state index in [1.165, 1.54) is 4.90 Å². The highest BCUT2D eigenvalue weighted by molar-refractivity contribution is 9.10. The van der Waals surface area contributed by atoms with Crippen molar-refractivity contribution in [2.75, 3.05) is 19.8 Å². The second-order valence-electron chi connectivity index (χ2n) is 20.1. The van der Waals surface area contributed by atoms with Crippen molar-refractivity contribution in [3.8, 4) is 34.1 Å². The second-order valence-corrected chi connectivity index (χ2v) is 21.8. The van der Waals surface area contributed by atoms with Crippen LogP contribution < -0.4 is 20.7 Å². The minimum Gasteiger partial charge on any atom is -0.489 e. The Bertz CT molecular complexity index is 2550. The molecule has 1 aromatic heterocycles. The summed E-state index contributed by atoms with van der Waals surface area (Å²) in [7, 11) is 0. The van der Waals surface area contributed by atoms with E-state index in [1.807, 2.05) is 76.5 Å². The van der Waals surface area contributed by atoms with Crippen molar-refractivity contribution in [3.63, 3.8) is 0 Å². The van der Waals surface area contributed by atoms with Crippen LogP contribution in [-0.4, -0.2) is 88.7 Å². The molecular formula is C53H63BrN6O7S. The van der Waals surface area contributed by atoms with Crippen molar-refractivity contribution >= 4 is 50.9 Å². The Morgan fingerprint density at radius 1 is 1.00 bits per heavy atom. The van der Waals surface area contributed by atoms with E-state index in [1.54, 1.807) is 41.7 Å². The summed E-state index contributed by atoms with van der Waals surface area (Å²) in [4.78, 5) is 61.0. The molecule has 0 bridgehead atoms. The van der Waals surface area contributed by atoms with Gasteiger partial charge in [0.1, 0.15) is 36.6 Å². The van der Waals surface area contributed by atoms with E-state index in [-0.39, 0.29) is 60.4 Å². The number of ether oxygens (including phenoxy) is 2. The molecule has 68 heavy (non-hydrogen) atoms. The first-order chi connectivity index (χ1) is 32.1. The van der Waals surface area contributed by atoms with Crippen molar-refractivity contribution in [1.29, 1.82) is 5.26 Å². The molecule has 0 radical (unpaired) electrons. The number of hydrogen-bond donors (Lipinski definition) is 4. The van der Waals surface area contributed by atoms with Gasteiger partial charge in [-0.15, -0.1) is 11.3 Å². The number of amides is 4. The first-order valence-corrected chi connectivity index (χ1v) is 24.7. The third-order valence-electron chi connectivity index (χ3n) is 12.9. The number of aryl methyl sites for hydroxylation is 1. The Hall–Kier alpha value is -5.58. The highest BCUT2D eigenvalue weighted by Crippen LogP contribution is 2.55. The van der Waals surface area contributed by atoms with Crippen LogP contribution in [0.2, 0.25) is 0 Å². The molecule has 0 unspecified atom stereocenters. The molecule has 360 valence electrons. The van der Waals surface area contributed by atoms with E-state index < -0.39 is 35.4 Å². The molecule has 0 spiro atoms. The van der Waals surface area contributed by atoms with E-state index in [4.69, 9.17) is 9.47 Å². The molecule has 1 aliphatic heterocycles. The summed E-state index contributed by atoms with van der Waals surface area (Å²) in [5, 5.41) is 29.0. The summed E-state index contributed by atoms with van der Waals surface area (Å²) < 4.78 is 12.7. The number of halogens is 1. The lowest BCUT2D eigenvalue weighted by Gasteiger charge is -2.63. The quantitative estimate of drug-likeness (QED) is 0.0634. The van der Waals surface area contributed by atoms with Gasteiger partial charge in [0.25, 0.3) is 5.91 Å². The highest BCUT2D eigenvalue weighted by atomic mass is 79.9. The van der Waals surface area contributed by atoms with Crippen LogP contribution in [0, 0.1) is 46.3 Å². The monoisotopic (exact) mass is 1010 g/mol. The number of carbonyl (C=O) groups excluding carboxylic acids is 4. The van der Waals surface area contributed by atoms with Crippen LogP contribution in [0.4, 0.5) is 0 Å². The smallest absolute Gasteiger partial charge is 0.251 e. The lowest BCUT2D eigenvalue weighted by Crippen LogP contribution is -2.74. The van der Waals surface area contributed by atoms with Crippen LogP contribution in [0.15, 0.2) is 76.7 Å². The number of benzene rings is 3. The normalized spacial score (nSPS) is 20.1. The number of rotatable bonds is 16. The zero-order valence-corrected chi connectivity index (χ0v) is 42.8. The Morgan fingerprint density at radius 3 is 2.31 bits per heavy atom. The molecule has 4 atom stereocenters. The lowest BCUT2D eigenvalue weighted by atomic mass is 9.49. The number of unbranched alkanes of at least 4 members (excludes halogenated alkanes) is 2. The molecule has 1 saturated heterocycles. The maximum absolute atomic E-state index is 14.1. The van der Waals surface area contributed by atoms with Gasteiger partial charge in [-0.05, 0) is 102 Å². The molecule has 4 amide bonds. The number of nitrogens with zero attached hydrogens (tertiary/aromatic N) is 3. The first-order valence-electron chi connectivity index (χ1n) is 23.0. The predicted molar refractivity (Wildman–Crippen MR) is 266 cm³/mol. The van der Waals surface area contributed by atoms with Crippen molar-refractivity contribution in [1.82, 2.24) is 25.8 Å². The lowest BCUT2D eigenvalue weighted by molar-refractivity contribution is -0.164. The number of β-amino-alcohol motifs (C(OH)–C–C–N with tert-alkyl or cyclic N) is 1. The average Bonchev–Trinajstić information content (AvgIpc) is 3.91. The van der Waals surface area contributed by atoms with Gasteiger partial charge in [0.2, 0.25) is 17.7 Å². The summed E-state index contributed by atoms with van der Waals surface area (Å²) in [5.74, 6) is 5.55. The van der Waals surface area contributed by atoms with Gasteiger partial charge in [-0.2, -0.15) is 5.26 Å². The summed E-state index contributed by atoms with van der Waals surface area (Å²) in [5.41, 5.74) is 5.16. The number of likely N-dealkylation sites (tertiary alicyclic amines) is 1. The molecule has 1 aliphatic carbocycles. The van der Waals surface area contributed by atoms with Gasteiger partial charge in [-0.3, -0.25) is 19.2 Å². The number of nitriles is 1. The molecule has 4 N–H and O–H groups in total. The topological polar surface area (TPSA) is 183 Å². The van der Waals surface area contributed by atoms with Crippen LogP contribution in [0.5, 0.6) is 5.75 Å². The predicted octanol–water partition coefficient (Wildman–Crippen LogP) is 8.27. The molecule has 2 heterocycles. The van der Waals surface area contributed by atoms with Gasteiger partial charge < -0.3 is 35.4 Å². The fourth-order valence-corrected chi connectivity index (χ4v) is 10.7. The number of aliphatic hydroxyl groups excluding tert-OH is 1. The maximum atomic E-state index is 14.1. The zero-order valence-electron chi connectivity index (χ0n) is 40.4. The summed E-state index contributed by atoms with van der Waals surface area (Å²) in [6.45, 7) is 17.8. The largest absolute Gasteiger partial charge is 0.489 e. The second kappa shape index (κ2) is 21.8. The van der Waals surface area contributed by atoms with Crippen LogP contribution in [0.25, 0.3) is 10.4 Å². The average molecular weight is 1010 g/mol. The minimum absolute atomic E-state index is 0.0177. The third kappa shape index (κ3) is 12.2. The number of thiazole rings is 1. The third-order valence-corrected chi connectivity index (χ3v) is 14.6. The fourth-order valence-electron chi connectivity index (χ4n) is 9.48. The fraction of sp³-hybridized carbons (Fsp3) is 0.472. The molecule has 6 rings (SSSR count). The minimum atomic E-state index is -0.960. The molecule has 3 aromatic carbocycles. The molecule has 15 heteroatoms. The molecule has 1 saturated carbocycles. The van der Waals surface area contributed by atoms with E-state index in [2.05, 4.69) is 82.5 Å². The Kier molecular flexibility index (Phi) is 16.6. The molecule has 2 fully saturated rings. The van der Waals surface area contributed by atoms with Gasteiger partial charge in [0, 0.05) is 58.5 Å². The van der Waals surface area contributed by atoms with Gasteiger partial charge in [0.15, 0.2) is 0 Å². The van der Waals surface area contributed by atoms with Crippen LogP contribution in [0.1, 0.15) is 120 Å². The number of aromatic nitrogens is 1. The van der Waals surface area contributed by atoms with Crippen molar-refractivity contribution < 1.29 is 33.8 Å². The van der Waals surface area contributed by atoms with Crippen LogP contribution >= 0.6 is 27.3 Å². The van der Waals surface area contributed by atoms with E-state index in [0.29, 0.717) is 40.8 Å². The maximum Gasteiger partial charge on any atom is 0.251 e. The van der Waals surface area contributed by atoms with Crippen molar-refractivity contribution in [2.24, 2.45) is 16.2 Å². The highest BCUT2D eigenvalue weighted by Gasteiger charge is 2.64. The number of carbonyl (C=O) groups is 4. The molecular weight excluding hydrogens is 945 g/mol. The van der Waals surface area contributed by atoms with Crippen LogP contribution in [0.3, 0.4) is 0 Å². The summed E-state index contributed by atoms with van der Waals surface area (Å²) in [6, 6.07) is 20.2. The van der Waals surface area contributed by atoms with Crippen molar-refractivity contribution in [2.45, 2.75) is 124 Å². The number of nitrogens with one attached hydrogen (secondary N) is 3. The van der Waals surface area contributed by atoms with Crippen LogP contribution in [-0.2, 0) is 19.1 Å². The van der Waals surface area contributed by atoms with Crippen molar-refractivity contribution in [3.05, 3.63) is 105 Å². The number of aliphatic hydroxyl groups is 1. The molecule has 2 aliphatic rings. The van der Waals surface area contributed by atoms with E-state index in [9.17, 15) is 29.5 Å². The standard InChI is InChI=1S/C53H63BrN6O7S/c1-32(35-19-21-36(22-20-35)44-33(2)56-31-68-44)57-47(64)42-26-39(61)29-60(42)48(65)45(51(3,4)5)58-43(62)30-66-25-13-11-10-12-14-34-15-17-37(18-16-34)46(63)59-49-52(6,7)50(53(49,8)9)67-40-24-23-38(28-55)41(54)27-40/h15-24,27,31-32,39,42,45,49-50,61H,10-11,13,25-26,29-30H2,1-9H3,(H,57,64)(H,58,62)(H,59,63)/t32-,39+,42+,45+,49?,50?/m0/s1. The Balaban J connectivity index is 0.911. The van der Waals surface area contributed by atoms with Gasteiger partial charge in [-0.1, -0.05) is 84.6 Å². The SMILES string of the molecule is Cc1ncsc1-c1ccc([C@H](C)NC(=O)[C@H]2C[C@@H](O)CN2C(=O)[C@@H](NC(=O)COCCCCC#Cc2ccc(C(=O)NC3C(C)(C)C(Oc4ccc(C#N)c(Br)c4)C3(C)C)cc2)C(C)(C)C)cc1. The summed E-state index contributed by atoms with van der Waals surface area (Å²) >= 11 is 5.01. The van der Waals surface area contributed by atoms with E-state index >= 15 is 0 Å². The zero-order chi connectivity index (χ0) is 49.6. The summed E-state index contributed by atoms with van der Waals surface area (Å²) in [6.07, 6.45) is 1.07. The Labute approximate surface area is 412 Å². The first kappa shape index (κ1) is 51.8. The molecule has 4 aromatic rings. The van der Waals surface area contributed by atoms with Gasteiger partial charge in [0.05, 0.1) is 33.8 Å². The Morgan fingerprint density at radius 2 is 1.69 bits per heavy atom. The van der Waals surface area contributed by atoms with Gasteiger partial charge in [-0.25, -0.2) is 4.98 Å². The van der Waals surface area contributed by atoms with Gasteiger partial charge >= 0.3 is 0 Å².